The highest BCUT2D eigenvalue weighted by atomic mass is 35.5. The molecule has 0 aliphatic carbocycles. The van der Waals surface area contributed by atoms with Crippen LogP contribution in [0.5, 0.6) is 11.5 Å². The largest absolute Gasteiger partial charge is 0.490 e. The molecule has 0 atom stereocenters. The molecule has 0 saturated heterocycles. The Bertz CT molecular complexity index is 665. The highest BCUT2D eigenvalue weighted by Gasteiger charge is 2.10. The summed E-state index contributed by atoms with van der Waals surface area (Å²) >= 11 is 23.4. The van der Waals surface area contributed by atoms with E-state index < -0.39 is 0 Å². The highest BCUT2D eigenvalue weighted by Crippen LogP contribution is 2.37. The van der Waals surface area contributed by atoms with Gasteiger partial charge in [0.2, 0.25) is 0 Å². The smallest absolute Gasteiger partial charge is 0.156 e. The van der Waals surface area contributed by atoms with Gasteiger partial charge in [0.15, 0.2) is 5.75 Å². The van der Waals surface area contributed by atoms with Crippen molar-refractivity contribution in [2.45, 2.75) is 12.8 Å². The maximum atomic E-state index is 6.21. The van der Waals surface area contributed by atoms with E-state index in [1.807, 2.05) is 12.1 Å². The predicted molar refractivity (Wildman–Crippen MR) is 99.8 cm³/mol. The van der Waals surface area contributed by atoms with Crippen LogP contribution in [0.2, 0.25) is 10.0 Å². The van der Waals surface area contributed by atoms with Gasteiger partial charge in [0.25, 0.3) is 0 Å². The Kier molecular flexibility index (Phi) is 8.00. The molecule has 0 radical (unpaired) electrons. The van der Waals surface area contributed by atoms with Gasteiger partial charge in [-0.3, -0.25) is 4.98 Å². The molecule has 2 rings (SSSR count). The predicted octanol–water partition coefficient (Wildman–Crippen LogP) is 6.10. The zero-order chi connectivity index (χ0) is 17.4. The molecule has 0 aliphatic rings. The van der Waals surface area contributed by atoms with Gasteiger partial charge in [-0.15, -0.1) is 0 Å². The number of benzene rings is 1. The van der Waals surface area contributed by atoms with Gasteiger partial charge in [0.05, 0.1) is 16.7 Å². The normalized spacial score (nSPS) is 10.3. The molecule has 7 heteroatoms. The van der Waals surface area contributed by atoms with Crippen LogP contribution in [0.3, 0.4) is 0 Å². The fourth-order valence-electron chi connectivity index (χ4n) is 1.96. The third kappa shape index (κ3) is 6.40. The third-order valence-electron chi connectivity index (χ3n) is 3.06. The van der Waals surface area contributed by atoms with Crippen LogP contribution in [0, 0.1) is 0 Å². The number of ether oxygens (including phenoxy) is 2. The summed E-state index contributed by atoms with van der Waals surface area (Å²) in [5.41, 5.74) is 1.21. The summed E-state index contributed by atoms with van der Waals surface area (Å²) in [5, 5.41) is 0.782. The molecule has 0 aliphatic heterocycles. The van der Waals surface area contributed by atoms with Gasteiger partial charge in [0, 0.05) is 24.5 Å². The monoisotopic (exact) mass is 405 g/mol. The van der Waals surface area contributed by atoms with Crippen LogP contribution < -0.4 is 9.47 Å². The van der Waals surface area contributed by atoms with E-state index in [4.69, 9.17) is 55.9 Å². The lowest BCUT2D eigenvalue weighted by molar-refractivity contribution is 0.310. The molecule has 0 unspecified atom stereocenters. The van der Waals surface area contributed by atoms with Gasteiger partial charge in [-0.1, -0.05) is 46.4 Å². The number of pyridine rings is 1. The average molecular weight is 407 g/mol. The summed E-state index contributed by atoms with van der Waals surface area (Å²) in [6.45, 7) is 0.730. The fourth-order valence-corrected chi connectivity index (χ4v) is 2.66. The quantitative estimate of drug-likeness (QED) is 0.496. The number of aromatic nitrogens is 1. The van der Waals surface area contributed by atoms with Gasteiger partial charge in [-0.2, -0.15) is 0 Å². The molecule has 0 spiro atoms. The number of halogens is 4. The Labute approximate surface area is 161 Å². The van der Waals surface area contributed by atoms with Crippen molar-refractivity contribution in [2.24, 2.45) is 0 Å². The zero-order valence-corrected chi connectivity index (χ0v) is 15.7. The van der Waals surface area contributed by atoms with Crippen LogP contribution in [-0.4, -0.2) is 18.2 Å². The Morgan fingerprint density at radius 3 is 2.33 bits per heavy atom. The molecule has 0 amide bonds. The molecule has 3 nitrogen and oxygen atoms in total. The summed E-state index contributed by atoms with van der Waals surface area (Å²) in [6.07, 6.45) is 6.80. The van der Waals surface area contributed by atoms with Gasteiger partial charge in [-0.05, 0) is 36.6 Å². The van der Waals surface area contributed by atoms with Gasteiger partial charge in [0.1, 0.15) is 16.8 Å². The van der Waals surface area contributed by atoms with Crippen LogP contribution in [0.25, 0.3) is 0 Å². The summed E-state index contributed by atoms with van der Waals surface area (Å²) in [7, 11) is 0. The maximum Gasteiger partial charge on any atom is 0.156 e. The van der Waals surface area contributed by atoms with E-state index in [2.05, 4.69) is 4.98 Å². The molecule has 128 valence electrons. The van der Waals surface area contributed by atoms with E-state index in [1.54, 1.807) is 24.5 Å². The standard InChI is InChI=1S/C17H15Cl4NO2/c18-14-10-13(23-9-5-16(20)21)11-15(19)17(14)24-8-1-2-12-3-6-22-7-4-12/h3-7,10-11H,1-2,8-9H2. The van der Waals surface area contributed by atoms with E-state index in [1.165, 1.54) is 11.6 Å². The molecule has 0 N–H and O–H groups in total. The average Bonchev–Trinajstić information content (AvgIpc) is 2.54. The lowest BCUT2D eigenvalue weighted by atomic mass is 10.1. The van der Waals surface area contributed by atoms with Crippen LogP contribution in [0.15, 0.2) is 47.2 Å². The Morgan fingerprint density at radius 2 is 1.71 bits per heavy atom. The first-order valence-corrected chi connectivity index (χ1v) is 8.72. The second-order valence-corrected chi connectivity index (χ2v) is 6.65. The first-order chi connectivity index (χ1) is 11.6. The van der Waals surface area contributed by atoms with Gasteiger partial charge in [-0.25, -0.2) is 0 Å². The summed E-state index contributed by atoms with van der Waals surface area (Å²) in [4.78, 5) is 3.99. The molecule has 2 aromatic rings. The van der Waals surface area contributed by atoms with E-state index in [-0.39, 0.29) is 11.1 Å². The summed E-state index contributed by atoms with van der Waals surface area (Å²) < 4.78 is 11.3. The molecule has 0 bridgehead atoms. The molecular weight excluding hydrogens is 392 g/mol. The maximum absolute atomic E-state index is 6.21. The Balaban J connectivity index is 1.87. The van der Waals surface area contributed by atoms with Crippen molar-refractivity contribution in [3.05, 3.63) is 62.8 Å². The zero-order valence-electron chi connectivity index (χ0n) is 12.6. The van der Waals surface area contributed by atoms with Gasteiger partial charge < -0.3 is 9.47 Å². The van der Waals surface area contributed by atoms with Crippen molar-refractivity contribution < 1.29 is 9.47 Å². The van der Waals surface area contributed by atoms with Crippen molar-refractivity contribution in [3.63, 3.8) is 0 Å². The van der Waals surface area contributed by atoms with E-state index in [0.717, 1.165) is 12.8 Å². The first-order valence-electron chi connectivity index (χ1n) is 7.21. The second-order valence-electron chi connectivity index (χ2n) is 4.83. The minimum Gasteiger partial charge on any atom is -0.490 e. The second kappa shape index (κ2) is 10.00. The fraction of sp³-hybridized carbons (Fsp3) is 0.235. The Hall–Kier alpha value is -1.13. The van der Waals surface area contributed by atoms with Crippen LogP contribution in [0.1, 0.15) is 12.0 Å². The molecular formula is C17H15Cl4NO2. The van der Waals surface area contributed by atoms with Crippen molar-refractivity contribution in [3.8, 4) is 11.5 Å². The van der Waals surface area contributed by atoms with Crippen molar-refractivity contribution in [2.75, 3.05) is 13.2 Å². The SMILES string of the molecule is ClC(Cl)=CCOc1cc(Cl)c(OCCCc2ccncc2)c(Cl)c1. The number of hydrogen-bond acceptors (Lipinski definition) is 3. The minimum absolute atomic E-state index is 0.140. The number of nitrogens with zero attached hydrogens (tertiary/aromatic N) is 1. The topological polar surface area (TPSA) is 31.4 Å². The molecule has 1 aromatic carbocycles. The van der Waals surface area contributed by atoms with Gasteiger partial charge >= 0.3 is 0 Å². The minimum atomic E-state index is 0.140. The summed E-state index contributed by atoms with van der Waals surface area (Å²) in [6, 6.07) is 7.24. The highest BCUT2D eigenvalue weighted by molar-refractivity contribution is 6.55. The number of aryl methyl sites for hydroxylation is 1. The molecule has 0 saturated carbocycles. The lowest BCUT2D eigenvalue weighted by Crippen LogP contribution is -2.01. The van der Waals surface area contributed by atoms with Crippen molar-refractivity contribution in [1.29, 1.82) is 0 Å². The Morgan fingerprint density at radius 1 is 1.04 bits per heavy atom. The van der Waals surface area contributed by atoms with Crippen molar-refractivity contribution >= 4 is 46.4 Å². The third-order valence-corrected chi connectivity index (χ3v) is 3.94. The molecule has 1 heterocycles. The molecule has 0 fully saturated rings. The molecule has 24 heavy (non-hydrogen) atoms. The number of rotatable bonds is 8. The van der Waals surface area contributed by atoms with Crippen LogP contribution in [-0.2, 0) is 6.42 Å². The van der Waals surface area contributed by atoms with Crippen LogP contribution >= 0.6 is 46.4 Å². The lowest BCUT2D eigenvalue weighted by Gasteiger charge is -2.12. The summed E-state index contributed by atoms with van der Waals surface area (Å²) in [5.74, 6) is 0.964. The van der Waals surface area contributed by atoms with E-state index in [9.17, 15) is 0 Å². The van der Waals surface area contributed by atoms with Crippen LogP contribution in [0.4, 0.5) is 0 Å². The van der Waals surface area contributed by atoms with E-state index >= 15 is 0 Å². The number of hydrogen-bond donors (Lipinski definition) is 0. The first kappa shape index (κ1) is 19.2. The van der Waals surface area contributed by atoms with E-state index in [0.29, 0.717) is 28.2 Å². The van der Waals surface area contributed by atoms with Crippen molar-refractivity contribution in [1.82, 2.24) is 4.98 Å². The molecule has 1 aromatic heterocycles.